The molecule has 0 aliphatic carbocycles. The van der Waals surface area contributed by atoms with Crippen LogP contribution in [0.1, 0.15) is 0 Å². The number of nitrogens with zero attached hydrogens (tertiary/aromatic N) is 2. The Balaban J connectivity index is 2.38. The molecule has 2 atom stereocenters. The molecule has 0 saturated carbocycles. The van der Waals surface area contributed by atoms with Gasteiger partial charge in [0.1, 0.15) is 20.7 Å². The molecule has 4 nitrogen and oxygen atoms in total. The lowest BCUT2D eigenvalue weighted by atomic mass is 10.3. The molecule has 1 heterocycles. The summed E-state index contributed by atoms with van der Waals surface area (Å²) < 4.78 is -0.0581. The number of piperazine rings is 1. The second kappa shape index (κ2) is 6.33. The Hall–Kier alpha value is 0.720. The van der Waals surface area contributed by atoms with Gasteiger partial charge in [-0.05, 0) is 0 Å². The molecule has 1 aliphatic heterocycles. The number of rotatable bonds is 4. The first-order valence-electron chi connectivity index (χ1n) is 4.36. The molecule has 0 aromatic rings. The van der Waals surface area contributed by atoms with Gasteiger partial charge in [-0.25, -0.2) is 0 Å². The van der Waals surface area contributed by atoms with Gasteiger partial charge in [-0.3, -0.25) is 9.80 Å². The van der Waals surface area contributed by atoms with Gasteiger partial charge < -0.3 is 9.59 Å². The predicted octanol–water partition coefficient (Wildman–Crippen LogP) is 0.524. The lowest BCUT2D eigenvalue weighted by Crippen LogP contribution is -2.51. The number of alkyl halides is 2. The predicted molar refractivity (Wildman–Crippen MR) is 70.9 cm³/mol. The molecule has 14 heavy (non-hydrogen) atoms. The van der Waals surface area contributed by atoms with Gasteiger partial charge in [0.25, 0.3) is 0 Å². The summed E-state index contributed by atoms with van der Waals surface area (Å²) in [5.41, 5.74) is 0. The van der Waals surface area contributed by atoms with Gasteiger partial charge in [0.2, 0.25) is 0 Å². The van der Waals surface area contributed by atoms with E-state index in [1.165, 1.54) is 0 Å². The standard InChI is InChI=1S/C8H12I2N2O2/c9-7(5-13)11-1-2-12(4-3-11)8(10)6-14/h5-8H,1-4H2. The molecule has 0 amide bonds. The van der Waals surface area contributed by atoms with E-state index in [9.17, 15) is 9.59 Å². The summed E-state index contributed by atoms with van der Waals surface area (Å²) >= 11 is 4.25. The van der Waals surface area contributed by atoms with Crippen molar-refractivity contribution < 1.29 is 9.59 Å². The van der Waals surface area contributed by atoms with Crippen LogP contribution in [0.4, 0.5) is 0 Å². The molecule has 1 rings (SSSR count). The van der Waals surface area contributed by atoms with Crippen LogP contribution in [0.2, 0.25) is 0 Å². The zero-order chi connectivity index (χ0) is 10.6. The topological polar surface area (TPSA) is 40.6 Å². The average molecular weight is 422 g/mol. The van der Waals surface area contributed by atoms with Gasteiger partial charge in [0.15, 0.2) is 0 Å². The van der Waals surface area contributed by atoms with Crippen LogP contribution < -0.4 is 0 Å². The Morgan fingerprint density at radius 2 is 1.14 bits per heavy atom. The van der Waals surface area contributed by atoms with Gasteiger partial charge in [0.05, 0.1) is 0 Å². The summed E-state index contributed by atoms with van der Waals surface area (Å²) in [5.74, 6) is 0. The molecule has 0 radical (unpaired) electrons. The lowest BCUT2D eigenvalue weighted by Gasteiger charge is -2.36. The van der Waals surface area contributed by atoms with E-state index in [0.717, 1.165) is 38.8 Å². The monoisotopic (exact) mass is 422 g/mol. The third kappa shape index (κ3) is 3.38. The van der Waals surface area contributed by atoms with E-state index in [4.69, 9.17) is 0 Å². The lowest BCUT2D eigenvalue weighted by molar-refractivity contribution is -0.112. The maximum atomic E-state index is 10.6. The highest BCUT2D eigenvalue weighted by Crippen LogP contribution is 2.13. The van der Waals surface area contributed by atoms with E-state index in [2.05, 4.69) is 55.0 Å². The van der Waals surface area contributed by atoms with Crippen molar-refractivity contribution in [3.8, 4) is 0 Å². The van der Waals surface area contributed by atoms with E-state index >= 15 is 0 Å². The molecule has 0 N–H and O–H groups in total. The zero-order valence-electron chi connectivity index (χ0n) is 7.60. The van der Waals surface area contributed by atoms with Crippen LogP contribution >= 0.6 is 45.2 Å². The summed E-state index contributed by atoms with van der Waals surface area (Å²) in [6, 6.07) is 0. The third-order valence-corrected chi connectivity index (χ3v) is 4.43. The van der Waals surface area contributed by atoms with Crippen LogP contribution in [0.15, 0.2) is 0 Å². The van der Waals surface area contributed by atoms with Crippen LogP contribution in [-0.2, 0) is 9.59 Å². The summed E-state index contributed by atoms with van der Waals surface area (Å²) in [6.45, 7) is 3.44. The fourth-order valence-electron chi connectivity index (χ4n) is 1.40. The first kappa shape index (κ1) is 12.8. The Morgan fingerprint density at radius 3 is 1.36 bits per heavy atom. The highest BCUT2D eigenvalue weighted by Gasteiger charge is 2.24. The maximum absolute atomic E-state index is 10.6. The van der Waals surface area contributed by atoms with E-state index in [1.807, 2.05) is 0 Å². The van der Waals surface area contributed by atoms with Gasteiger partial charge in [-0.15, -0.1) is 0 Å². The molecule has 0 aromatic heterocycles. The molecule has 2 unspecified atom stereocenters. The van der Waals surface area contributed by atoms with Crippen LogP contribution in [0.5, 0.6) is 0 Å². The van der Waals surface area contributed by atoms with E-state index < -0.39 is 0 Å². The van der Waals surface area contributed by atoms with Crippen molar-refractivity contribution in [2.75, 3.05) is 26.2 Å². The highest BCUT2D eigenvalue weighted by atomic mass is 127. The highest BCUT2D eigenvalue weighted by molar-refractivity contribution is 14.1. The second-order valence-corrected chi connectivity index (χ2v) is 5.64. The fourth-order valence-corrected chi connectivity index (χ4v) is 2.52. The first-order chi connectivity index (χ1) is 6.69. The summed E-state index contributed by atoms with van der Waals surface area (Å²) in [5, 5.41) is 0. The number of hydrogen-bond acceptors (Lipinski definition) is 4. The molecular weight excluding hydrogens is 410 g/mol. The Bertz CT molecular complexity index is 186. The summed E-state index contributed by atoms with van der Waals surface area (Å²) in [6.07, 6.45) is 1.91. The SMILES string of the molecule is O=CC(I)N1CCN(C(I)C=O)CC1. The molecule has 6 heteroatoms. The molecule has 1 aliphatic rings. The zero-order valence-corrected chi connectivity index (χ0v) is 11.9. The Morgan fingerprint density at radius 1 is 0.857 bits per heavy atom. The van der Waals surface area contributed by atoms with Crippen molar-refractivity contribution in [1.82, 2.24) is 9.80 Å². The van der Waals surface area contributed by atoms with Gasteiger partial charge in [-0.2, -0.15) is 0 Å². The fraction of sp³-hybridized carbons (Fsp3) is 0.750. The molecular formula is C8H12I2N2O2. The summed E-state index contributed by atoms with van der Waals surface area (Å²) in [7, 11) is 0. The maximum Gasteiger partial charge on any atom is 0.147 e. The van der Waals surface area contributed by atoms with Crippen LogP contribution in [0.25, 0.3) is 0 Å². The number of hydrogen-bond donors (Lipinski definition) is 0. The number of carbonyl (C=O) groups is 2. The molecule has 1 fully saturated rings. The van der Waals surface area contributed by atoms with Crippen molar-refractivity contribution in [2.24, 2.45) is 0 Å². The van der Waals surface area contributed by atoms with Crippen molar-refractivity contribution in [3.63, 3.8) is 0 Å². The number of halogens is 2. The molecule has 1 saturated heterocycles. The summed E-state index contributed by atoms with van der Waals surface area (Å²) in [4.78, 5) is 25.4. The van der Waals surface area contributed by atoms with Crippen molar-refractivity contribution in [3.05, 3.63) is 0 Å². The van der Waals surface area contributed by atoms with Crippen LogP contribution in [0.3, 0.4) is 0 Å². The molecule has 0 aromatic carbocycles. The van der Waals surface area contributed by atoms with Crippen molar-refractivity contribution in [2.45, 2.75) is 8.10 Å². The largest absolute Gasteiger partial charge is 0.301 e. The minimum atomic E-state index is -0.0290. The van der Waals surface area contributed by atoms with Crippen molar-refractivity contribution >= 4 is 57.8 Å². The minimum Gasteiger partial charge on any atom is -0.301 e. The third-order valence-electron chi connectivity index (χ3n) is 2.27. The second-order valence-electron chi connectivity index (χ2n) is 3.09. The van der Waals surface area contributed by atoms with Crippen LogP contribution in [-0.4, -0.2) is 56.6 Å². The average Bonchev–Trinajstić information content (AvgIpc) is 2.27. The first-order valence-corrected chi connectivity index (χ1v) is 6.85. The normalized spacial score (nSPS) is 24.1. The quantitative estimate of drug-likeness (QED) is 0.287. The van der Waals surface area contributed by atoms with E-state index in [1.54, 1.807) is 0 Å². The molecule has 0 bridgehead atoms. The number of carbonyl (C=O) groups excluding carboxylic acids is 2. The molecule has 80 valence electrons. The van der Waals surface area contributed by atoms with Gasteiger partial charge >= 0.3 is 0 Å². The van der Waals surface area contributed by atoms with Crippen molar-refractivity contribution in [1.29, 1.82) is 0 Å². The van der Waals surface area contributed by atoms with Crippen LogP contribution in [0, 0.1) is 0 Å². The number of aldehydes is 2. The molecule has 0 spiro atoms. The Labute approximate surface area is 111 Å². The van der Waals surface area contributed by atoms with E-state index in [-0.39, 0.29) is 8.10 Å². The smallest absolute Gasteiger partial charge is 0.147 e. The van der Waals surface area contributed by atoms with E-state index in [0.29, 0.717) is 0 Å². The van der Waals surface area contributed by atoms with Gasteiger partial charge in [-0.1, -0.05) is 45.2 Å². The Kier molecular flexibility index (Phi) is 5.79. The van der Waals surface area contributed by atoms with Gasteiger partial charge in [0, 0.05) is 26.2 Å². The minimum absolute atomic E-state index is 0.0290.